The number of thioether (sulfide) groups is 1. The smallest absolute Gasteiger partial charge is 0.326 e. The molecule has 0 saturated heterocycles. The summed E-state index contributed by atoms with van der Waals surface area (Å²) in [5.74, 6) is -0.247. The first-order valence-corrected chi connectivity index (χ1v) is 7.81. The van der Waals surface area contributed by atoms with Crippen LogP contribution in [0.1, 0.15) is 38.5 Å². The second-order valence-corrected chi connectivity index (χ2v) is 5.61. The van der Waals surface area contributed by atoms with Crippen molar-refractivity contribution in [3.8, 4) is 0 Å². The van der Waals surface area contributed by atoms with Crippen molar-refractivity contribution in [3.63, 3.8) is 0 Å². The predicted octanol–water partition coefficient (Wildman–Crippen LogP) is 1.82. The van der Waals surface area contributed by atoms with Gasteiger partial charge in [0.15, 0.2) is 0 Å². The summed E-state index contributed by atoms with van der Waals surface area (Å²) in [6.07, 6.45) is 7.87. The molecule has 0 aromatic rings. The number of urea groups is 1. The molecular weight excluding hydrogens is 252 g/mol. The summed E-state index contributed by atoms with van der Waals surface area (Å²) in [6.45, 7) is 0. The molecule has 1 aliphatic carbocycles. The van der Waals surface area contributed by atoms with E-state index in [-0.39, 0.29) is 12.1 Å². The van der Waals surface area contributed by atoms with Gasteiger partial charge in [-0.05, 0) is 31.3 Å². The zero-order valence-corrected chi connectivity index (χ0v) is 11.6. The van der Waals surface area contributed by atoms with Crippen LogP contribution in [0.4, 0.5) is 4.79 Å². The maximum absolute atomic E-state index is 11.7. The highest BCUT2D eigenvalue weighted by atomic mass is 32.2. The summed E-state index contributed by atoms with van der Waals surface area (Å²) < 4.78 is 0. The van der Waals surface area contributed by atoms with Crippen LogP contribution in [0, 0.1) is 0 Å². The molecule has 18 heavy (non-hydrogen) atoms. The van der Waals surface area contributed by atoms with Gasteiger partial charge >= 0.3 is 12.0 Å². The van der Waals surface area contributed by atoms with Gasteiger partial charge < -0.3 is 15.7 Å². The molecular formula is C12H22N2O3S. The van der Waals surface area contributed by atoms with Crippen molar-refractivity contribution in [2.75, 3.05) is 12.0 Å². The van der Waals surface area contributed by atoms with E-state index in [0.29, 0.717) is 6.42 Å². The Hall–Kier alpha value is -0.910. The molecule has 0 aromatic heterocycles. The number of rotatable bonds is 6. The first-order chi connectivity index (χ1) is 8.63. The number of carboxylic acid groups (broad SMARTS) is 1. The van der Waals surface area contributed by atoms with Gasteiger partial charge in [-0.2, -0.15) is 11.8 Å². The first kappa shape index (κ1) is 15.1. The molecule has 1 fully saturated rings. The number of aliphatic carboxylic acids is 1. The number of carbonyl (C=O) groups is 2. The third-order valence-electron chi connectivity index (χ3n) is 3.15. The van der Waals surface area contributed by atoms with E-state index < -0.39 is 12.0 Å². The fourth-order valence-corrected chi connectivity index (χ4v) is 2.60. The van der Waals surface area contributed by atoms with Gasteiger partial charge in [0.05, 0.1) is 0 Å². The van der Waals surface area contributed by atoms with Gasteiger partial charge in [0.2, 0.25) is 0 Å². The fraction of sp³-hybridized carbons (Fsp3) is 0.833. The summed E-state index contributed by atoms with van der Waals surface area (Å²) in [5.41, 5.74) is 0. The maximum Gasteiger partial charge on any atom is 0.326 e. The lowest BCUT2D eigenvalue weighted by molar-refractivity contribution is -0.139. The molecule has 1 rings (SSSR count). The third-order valence-corrected chi connectivity index (χ3v) is 3.80. The van der Waals surface area contributed by atoms with Crippen LogP contribution >= 0.6 is 11.8 Å². The highest BCUT2D eigenvalue weighted by Gasteiger charge is 2.21. The Balaban J connectivity index is 2.32. The molecule has 0 aliphatic heterocycles. The third kappa shape index (κ3) is 5.62. The first-order valence-electron chi connectivity index (χ1n) is 6.42. The van der Waals surface area contributed by atoms with Gasteiger partial charge in [0.25, 0.3) is 0 Å². The summed E-state index contributed by atoms with van der Waals surface area (Å²) in [6, 6.07) is -0.940. The Morgan fingerprint density at radius 3 is 2.56 bits per heavy atom. The van der Waals surface area contributed by atoms with Gasteiger partial charge in [-0.15, -0.1) is 0 Å². The average molecular weight is 274 g/mol. The van der Waals surface area contributed by atoms with Crippen molar-refractivity contribution in [2.45, 2.75) is 50.6 Å². The topological polar surface area (TPSA) is 78.4 Å². The average Bonchev–Trinajstić information content (AvgIpc) is 2.35. The molecule has 2 amide bonds. The normalized spacial score (nSPS) is 18.1. The standard InChI is InChI=1S/C12H22N2O3S/c1-18-8-7-10(11(15)16)14-12(17)13-9-5-3-2-4-6-9/h9-10H,2-8H2,1H3,(H,15,16)(H2,13,14,17)/t10-/m0/s1. The van der Waals surface area contributed by atoms with E-state index in [9.17, 15) is 9.59 Å². The number of nitrogens with one attached hydrogen (secondary N) is 2. The molecule has 6 heteroatoms. The van der Waals surface area contributed by atoms with Crippen molar-refractivity contribution in [2.24, 2.45) is 0 Å². The van der Waals surface area contributed by atoms with E-state index in [2.05, 4.69) is 10.6 Å². The summed E-state index contributed by atoms with van der Waals surface area (Å²) in [7, 11) is 0. The van der Waals surface area contributed by atoms with Crippen LogP contribution in [0.5, 0.6) is 0 Å². The quantitative estimate of drug-likeness (QED) is 0.690. The molecule has 0 heterocycles. The molecule has 5 nitrogen and oxygen atoms in total. The molecule has 0 bridgehead atoms. The fourth-order valence-electron chi connectivity index (χ4n) is 2.13. The van der Waals surface area contributed by atoms with Gasteiger partial charge in [0, 0.05) is 6.04 Å². The summed E-state index contributed by atoms with van der Waals surface area (Å²) in [4.78, 5) is 22.7. The highest BCUT2D eigenvalue weighted by molar-refractivity contribution is 7.98. The number of hydrogen-bond acceptors (Lipinski definition) is 3. The lowest BCUT2D eigenvalue weighted by Gasteiger charge is -2.24. The van der Waals surface area contributed by atoms with E-state index >= 15 is 0 Å². The van der Waals surface area contributed by atoms with Gasteiger partial charge in [-0.25, -0.2) is 9.59 Å². The Morgan fingerprint density at radius 2 is 2.00 bits per heavy atom. The van der Waals surface area contributed by atoms with Crippen molar-refractivity contribution >= 4 is 23.8 Å². The van der Waals surface area contributed by atoms with E-state index in [1.807, 2.05) is 6.26 Å². The largest absolute Gasteiger partial charge is 0.480 e. The molecule has 1 atom stereocenters. The van der Waals surface area contributed by atoms with E-state index in [1.165, 1.54) is 6.42 Å². The number of amides is 2. The molecule has 1 aliphatic rings. The Labute approximate surface area is 112 Å². The van der Waals surface area contributed by atoms with Crippen LogP contribution in [-0.2, 0) is 4.79 Å². The van der Waals surface area contributed by atoms with E-state index in [0.717, 1.165) is 31.4 Å². The highest BCUT2D eigenvalue weighted by Crippen LogP contribution is 2.17. The van der Waals surface area contributed by atoms with Gasteiger partial charge in [-0.3, -0.25) is 0 Å². The Bertz CT molecular complexity index is 280. The maximum atomic E-state index is 11.7. The van der Waals surface area contributed by atoms with Crippen molar-refractivity contribution in [3.05, 3.63) is 0 Å². The van der Waals surface area contributed by atoms with Crippen LogP contribution in [0.25, 0.3) is 0 Å². The molecule has 3 N–H and O–H groups in total. The zero-order valence-electron chi connectivity index (χ0n) is 10.8. The summed E-state index contributed by atoms with van der Waals surface area (Å²) >= 11 is 1.58. The van der Waals surface area contributed by atoms with Crippen LogP contribution in [-0.4, -0.2) is 41.2 Å². The van der Waals surface area contributed by atoms with Crippen molar-refractivity contribution in [1.82, 2.24) is 10.6 Å². The van der Waals surface area contributed by atoms with Crippen LogP contribution in [0.15, 0.2) is 0 Å². The van der Waals surface area contributed by atoms with E-state index in [4.69, 9.17) is 5.11 Å². The molecule has 104 valence electrons. The molecule has 1 saturated carbocycles. The second kappa shape index (κ2) is 8.24. The SMILES string of the molecule is CSCC[C@H](NC(=O)NC1CCCCC1)C(=O)O. The Kier molecular flexibility index (Phi) is 6.93. The molecule has 0 radical (unpaired) electrons. The van der Waals surface area contributed by atoms with Crippen molar-refractivity contribution in [1.29, 1.82) is 0 Å². The lowest BCUT2D eigenvalue weighted by Crippen LogP contribution is -2.49. The number of carbonyl (C=O) groups excluding carboxylic acids is 1. The monoisotopic (exact) mass is 274 g/mol. The zero-order chi connectivity index (χ0) is 13.4. The molecule has 0 spiro atoms. The predicted molar refractivity (Wildman–Crippen MR) is 73.0 cm³/mol. The minimum absolute atomic E-state index is 0.203. The van der Waals surface area contributed by atoms with Crippen molar-refractivity contribution < 1.29 is 14.7 Å². The van der Waals surface area contributed by atoms with Gasteiger partial charge in [0.1, 0.15) is 6.04 Å². The minimum atomic E-state index is -0.970. The van der Waals surface area contributed by atoms with Gasteiger partial charge in [-0.1, -0.05) is 19.3 Å². The van der Waals surface area contributed by atoms with Crippen LogP contribution in [0.2, 0.25) is 0 Å². The molecule has 0 aromatic carbocycles. The van der Waals surface area contributed by atoms with Crippen LogP contribution < -0.4 is 10.6 Å². The van der Waals surface area contributed by atoms with Crippen LogP contribution in [0.3, 0.4) is 0 Å². The van der Waals surface area contributed by atoms with E-state index in [1.54, 1.807) is 11.8 Å². The number of carboxylic acids is 1. The Morgan fingerprint density at radius 1 is 1.33 bits per heavy atom. The second-order valence-electron chi connectivity index (χ2n) is 4.63. The summed E-state index contributed by atoms with van der Waals surface area (Å²) in [5, 5.41) is 14.4. The minimum Gasteiger partial charge on any atom is -0.480 e. The lowest BCUT2D eigenvalue weighted by atomic mass is 9.96. The number of hydrogen-bond donors (Lipinski definition) is 3. The molecule has 0 unspecified atom stereocenters.